The van der Waals surface area contributed by atoms with Crippen LogP contribution in [0.2, 0.25) is 5.02 Å². The number of halogens is 1. The van der Waals surface area contributed by atoms with Crippen LogP contribution in [0, 0.1) is 0 Å². The molecule has 3 rings (SSSR count). The van der Waals surface area contributed by atoms with Crippen LogP contribution in [-0.2, 0) is 16.1 Å². The van der Waals surface area contributed by atoms with Crippen molar-refractivity contribution in [2.45, 2.75) is 26.5 Å². The summed E-state index contributed by atoms with van der Waals surface area (Å²) in [6, 6.07) is 13.5. The molecule has 1 aromatic heterocycles. The summed E-state index contributed by atoms with van der Waals surface area (Å²) in [5, 5.41) is 15.2. The minimum Gasteiger partial charge on any atom is -0.459 e. The molecule has 0 spiro atoms. The molecule has 0 bridgehead atoms. The number of hydrogen-bond donors (Lipinski definition) is 1. The summed E-state index contributed by atoms with van der Waals surface area (Å²) >= 11 is 6.11. The number of amides is 1. The van der Waals surface area contributed by atoms with Gasteiger partial charge in [0.25, 0.3) is 0 Å². The Morgan fingerprint density at radius 1 is 1.14 bits per heavy atom. The van der Waals surface area contributed by atoms with Gasteiger partial charge < -0.3 is 10.1 Å². The number of nitrogens with one attached hydrogen (secondary N) is 1. The van der Waals surface area contributed by atoms with Crippen LogP contribution >= 0.6 is 11.6 Å². The van der Waals surface area contributed by atoms with Gasteiger partial charge in [-0.15, -0.1) is 10.2 Å². The standard InChI is InChI=1S/C19H18ClN5O3/c1-12(2)28-19(27)13-7-9-14(10-8-13)21-17(26)11-25-23-18(22-24-25)15-5-3-4-6-16(15)20/h3-10,12H,11H2,1-2H3,(H,21,26). The van der Waals surface area contributed by atoms with Crippen molar-refractivity contribution in [3.8, 4) is 11.4 Å². The third-order valence-corrected chi connectivity index (χ3v) is 3.93. The summed E-state index contributed by atoms with van der Waals surface area (Å²) in [5.41, 5.74) is 1.59. The molecule has 8 nitrogen and oxygen atoms in total. The smallest absolute Gasteiger partial charge is 0.338 e. The number of hydrogen-bond acceptors (Lipinski definition) is 6. The average molecular weight is 400 g/mol. The van der Waals surface area contributed by atoms with Gasteiger partial charge in [-0.1, -0.05) is 23.7 Å². The van der Waals surface area contributed by atoms with Crippen molar-refractivity contribution in [1.29, 1.82) is 0 Å². The molecule has 0 unspecified atom stereocenters. The zero-order valence-electron chi connectivity index (χ0n) is 15.3. The lowest BCUT2D eigenvalue weighted by atomic mass is 10.2. The van der Waals surface area contributed by atoms with Crippen molar-refractivity contribution in [3.63, 3.8) is 0 Å². The van der Waals surface area contributed by atoms with Crippen molar-refractivity contribution in [2.24, 2.45) is 0 Å². The Labute approximate surface area is 166 Å². The molecule has 28 heavy (non-hydrogen) atoms. The lowest BCUT2D eigenvalue weighted by molar-refractivity contribution is -0.117. The van der Waals surface area contributed by atoms with Gasteiger partial charge >= 0.3 is 5.97 Å². The number of ether oxygens (including phenoxy) is 1. The molecule has 2 aromatic carbocycles. The molecule has 0 saturated carbocycles. The van der Waals surface area contributed by atoms with Crippen LogP contribution in [0.5, 0.6) is 0 Å². The predicted molar refractivity (Wildman–Crippen MR) is 104 cm³/mol. The zero-order chi connectivity index (χ0) is 20.1. The van der Waals surface area contributed by atoms with Crippen molar-refractivity contribution in [1.82, 2.24) is 20.2 Å². The predicted octanol–water partition coefficient (Wildman–Crippen LogP) is 3.20. The maximum absolute atomic E-state index is 12.2. The van der Waals surface area contributed by atoms with Crippen LogP contribution in [0.3, 0.4) is 0 Å². The summed E-state index contributed by atoms with van der Waals surface area (Å²) in [4.78, 5) is 25.2. The van der Waals surface area contributed by atoms with Crippen molar-refractivity contribution >= 4 is 29.2 Å². The molecule has 0 atom stereocenters. The fourth-order valence-corrected chi connectivity index (χ4v) is 2.58. The van der Waals surface area contributed by atoms with Gasteiger partial charge in [0.05, 0.1) is 16.7 Å². The molecule has 0 aliphatic carbocycles. The number of aromatic nitrogens is 4. The van der Waals surface area contributed by atoms with E-state index in [9.17, 15) is 9.59 Å². The van der Waals surface area contributed by atoms with Crippen LogP contribution in [0.1, 0.15) is 24.2 Å². The fraction of sp³-hybridized carbons (Fsp3) is 0.211. The Hall–Kier alpha value is -3.26. The second-order valence-corrected chi connectivity index (χ2v) is 6.61. The van der Waals surface area contributed by atoms with E-state index in [1.54, 1.807) is 56.3 Å². The van der Waals surface area contributed by atoms with Gasteiger partial charge in [-0.05, 0) is 55.5 Å². The first-order valence-electron chi connectivity index (χ1n) is 8.56. The third-order valence-electron chi connectivity index (χ3n) is 3.60. The molecule has 0 radical (unpaired) electrons. The number of benzene rings is 2. The maximum Gasteiger partial charge on any atom is 0.338 e. The Bertz CT molecular complexity index is 985. The molecule has 1 N–H and O–H groups in total. The van der Waals surface area contributed by atoms with E-state index in [-0.39, 0.29) is 18.6 Å². The van der Waals surface area contributed by atoms with E-state index < -0.39 is 5.97 Å². The van der Waals surface area contributed by atoms with E-state index in [1.165, 1.54) is 4.80 Å². The van der Waals surface area contributed by atoms with E-state index in [2.05, 4.69) is 20.7 Å². The Kier molecular flexibility index (Phi) is 6.00. The molecule has 0 saturated heterocycles. The zero-order valence-corrected chi connectivity index (χ0v) is 16.1. The first-order chi connectivity index (χ1) is 13.4. The van der Waals surface area contributed by atoms with Crippen LogP contribution in [0.4, 0.5) is 5.69 Å². The summed E-state index contributed by atoms with van der Waals surface area (Å²) < 4.78 is 5.12. The summed E-state index contributed by atoms with van der Waals surface area (Å²) in [6.07, 6.45) is -0.197. The molecule has 3 aromatic rings. The van der Waals surface area contributed by atoms with Gasteiger partial charge in [0.2, 0.25) is 11.7 Å². The molecule has 0 fully saturated rings. The number of esters is 1. The first-order valence-corrected chi connectivity index (χ1v) is 8.94. The molecular formula is C19H18ClN5O3. The number of nitrogens with zero attached hydrogens (tertiary/aromatic N) is 4. The van der Waals surface area contributed by atoms with E-state index in [4.69, 9.17) is 16.3 Å². The first kappa shape index (κ1) is 19.5. The molecule has 0 aliphatic heterocycles. The van der Waals surface area contributed by atoms with Gasteiger partial charge in [0.1, 0.15) is 6.54 Å². The van der Waals surface area contributed by atoms with Crippen LogP contribution in [0.15, 0.2) is 48.5 Å². The van der Waals surface area contributed by atoms with Gasteiger partial charge in [-0.2, -0.15) is 4.80 Å². The number of anilines is 1. The highest BCUT2D eigenvalue weighted by Gasteiger charge is 2.13. The van der Waals surface area contributed by atoms with E-state index >= 15 is 0 Å². The number of carbonyl (C=O) groups excluding carboxylic acids is 2. The fourth-order valence-electron chi connectivity index (χ4n) is 2.36. The van der Waals surface area contributed by atoms with Crippen LogP contribution in [0.25, 0.3) is 11.4 Å². The third kappa shape index (κ3) is 4.92. The van der Waals surface area contributed by atoms with Crippen molar-refractivity contribution < 1.29 is 14.3 Å². The van der Waals surface area contributed by atoms with Gasteiger partial charge in [-0.3, -0.25) is 4.79 Å². The molecule has 1 amide bonds. The number of rotatable bonds is 6. The Balaban J connectivity index is 1.60. The second-order valence-electron chi connectivity index (χ2n) is 6.20. The summed E-state index contributed by atoms with van der Waals surface area (Å²) in [7, 11) is 0. The lowest BCUT2D eigenvalue weighted by Gasteiger charge is -2.09. The molecule has 144 valence electrons. The van der Waals surface area contributed by atoms with E-state index in [1.807, 2.05) is 6.07 Å². The highest BCUT2D eigenvalue weighted by atomic mass is 35.5. The number of carbonyl (C=O) groups is 2. The Morgan fingerprint density at radius 3 is 2.54 bits per heavy atom. The monoisotopic (exact) mass is 399 g/mol. The maximum atomic E-state index is 12.2. The molecule has 1 heterocycles. The quantitative estimate of drug-likeness (QED) is 0.639. The lowest BCUT2D eigenvalue weighted by Crippen LogP contribution is -2.20. The SMILES string of the molecule is CC(C)OC(=O)c1ccc(NC(=O)Cn2nnc(-c3ccccc3Cl)n2)cc1. The number of tetrazole rings is 1. The van der Waals surface area contributed by atoms with Gasteiger partial charge in [0, 0.05) is 11.3 Å². The van der Waals surface area contributed by atoms with Gasteiger partial charge in [-0.25, -0.2) is 4.79 Å². The Morgan fingerprint density at radius 2 is 1.86 bits per heavy atom. The minimum atomic E-state index is -0.410. The van der Waals surface area contributed by atoms with E-state index in [0.29, 0.717) is 27.7 Å². The normalized spacial score (nSPS) is 10.7. The summed E-state index contributed by atoms with van der Waals surface area (Å²) in [6.45, 7) is 3.44. The minimum absolute atomic E-state index is 0.116. The average Bonchev–Trinajstić information content (AvgIpc) is 3.10. The topological polar surface area (TPSA) is 99.0 Å². The molecule has 0 aliphatic rings. The van der Waals surface area contributed by atoms with Crippen molar-refractivity contribution in [2.75, 3.05) is 5.32 Å². The second kappa shape index (κ2) is 8.62. The van der Waals surface area contributed by atoms with Crippen LogP contribution < -0.4 is 5.32 Å². The molecule has 9 heteroatoms. The van der Waals surface area contributed by atoms with Crippen molar-refractivity contribution in [3.05, 3.63) is 59.1 Å². The van der Waals surface area contributed by atoms with E-state index in [0.717, 1.165) is 0 Å². The van der Waals surface area contributed by atoms with Crippen LogP contribution in [-0.4, -0.2) is 38.2 Å². The molecular weight excluding hydrogens is 382 g/mol. The largest absolute Gasteiger partial charge is 0.459 e. The highest BCUT2D eigenvalue weighted by Crippen LogP contribution is 2.23. The van der Waals surface area contributed by atoms with Gasteiger partial charge in [0.15, 0.2) is 0 Å². The highest BCUT2D eigenvalue weighted by molar-refractivity contribution is 6.33. The summed E-state index contributed by atoms with van der Waals surface area (Å²) in [5.74, 6) is -0.404.